The van der Waals surface area contributed by atoms with Gasteiger partial charge in [-0.1, -0.05) is 13.3 Å². The van der Waals surface area contributed by atoms with Crippen LogP contribution >= 0.6 is 12.4 Å². The summed E-state index contributed by atoms with van der Waals surface area (Å²) in [7, 11) is 1.95. The number of rotatable bonds is 6. The third-order valence-corrected chi connectivity index (χ3v) is 5.35. The minimum atomic E-state index is -0.277. The van der Waals surface area contributed by atoms with Gasteiger partial charge < -0.3 is 10.2 Å². The van der Waals surface area contributed by atoms with E-state index < -0.39 is 0 Å². The molecule has 3 rings (SSSR count). The predicted molar refractivity (Wildman–Crippen MR) is 107 cm³/mol. The first-order chi connectivity index (χ1) is 12.6. The first kappa shape index (κ1) is 21.4. The van der Waals surface area contributed by atoms with Crippen LogP contribution < -0.4 is 5.32 Å². The summed E-state index contributed by atoms with van der Waals surface area (Å²) in [6.07, 6.45) is 3.68. The summed E-state index contributed by atoms with van der Waals surface area (Å²) in [5, 5.41) is 3.19. The van der Waals surface area contributed by atoms with Gasteiger partial charge in [-0.15, -0.1) is 12.4 Å². The van der Waals surface area contributed by atoms with Crippen LogP contribution in [-0.2, 0) is 0 Å². The molecule has 0 aromatic heterocycles. The Kier molecular flexibility index (Phi) is 7.39. The first-order valence-corrected chi connectivity index (χ1v) is 9.51. The molecule has 1 saturated heterocycles. The summed E-state index contributed by atoms with van der Waals surface area (Å²) in [4.78, 5) is 40.9. The standard InChI is InChI=1S/C20H27N3O3.ClH/c1-3-4-9-23-19(25)16-6-5-15(12-17(16)20(23)26)18(24)22-10-7-14(8-11-22)13-21-2;/h5-6,12,14,21H,3-4,7-11,13H2,1-2H3;1H. The summed E-state index contributed by atoms with van der Waals surface area (Å²) in [5.74, 6) is 0.0320. The number of nitrogens with one attached hydrogen (secondary N) is 1. The summed E-state index contributed by atoms with van der Waals surface area (Å²) < 4.78 is 0. The highest BCUT2D eigenvalue weighted by atomic mass is 35.5. The van der Waals surface area contributed by atoms with Crippen LogP contribution in [0.5, 0.6) is 0 Å². The lowest BCUT2D eigenvalue weighted by molar-refractivity contribution is 0.0651. The summed E-state index contributed by atoms with van der Waals surface area (Å²) in [6.45, 7) is 4.90. The summed E-state index contributed by atoms with van der Waals surface area (Å²) in [5.41, 5.74) is 1.27. The Hall–Kier alpha value is -1.92. The molecule has 0 spiro atoms. The van der Waals surface area contributed by atoms with Crippen molar-refractivity contribution in [2.45, 2.75) is 32.6 Å². The Morgan fingerprint density at radius 1 is 1.15 bits per heavy atom. The Labute approximate surface area is 166 Å². The molecule has 148 valence electrons. The molecule has 27 heavy (non-hydrogen) atoms. The Bertz CT molecular complexity index is 714. The van der Waals surface area contributed by atoms with Gasteiger partial charge in [0.05, 0.1) is 11.1 Å². The van der Waals surface area contributed by atoms with Crippen molar-refractivity contribution < 1.29 is 14.4 Å². The average Bonchev–Trinajstić information content (AvgIpc) is 2.90. The van der Waals surface area contributed by atoms with E-state index in [0.29, 0.717) is 29.2 Å². The first-order valence-electron chi connectivity index (χ1n) is 9.51. The summed E-state index contributed by atoms with van der Waals surface area (Å²) >= 11 is 0. The van der Waals surface area contributed by atoms with Crippen LogP contribution in [0.2, 0.25) is 0 Å². The van der Waals surface area contributed by atoms with E-state index >= 15 is 0 Å². The second-order valence-electron chi connectivity index (χ2n) is 7.17. The van der Waals surface area contributed by atoms with Crippen LogP contribution in [0.3, 0.4) is 0 Å². The van der Waals surface area contributed by atoms with Crippen molar-refractivity contribution in [2.75, 3.05) is 33.2 Å². The highest BCUT2D eigenvalue weighted by Crippen LogP contribution is 2.26. The molecule has 6 nitrogen and oxygen atoms in total. The van der Waals surface area contributed by atoms with Gasteiger partial charge in [0.15, 0.2) is 0 Å². The molecule has 2 aliphatic rings. The van der Waals surface area contributed by atoms with Gasteiger partial charge in [-0.2, -0.15) is 0 Å². The van der Waals surface area contributed by atoms with Crippen molar-refractivity contribution in [3.63, 3.8) is 0 Å². The van der Waals surface area contributed by atoms with Crippen molar-refractivity contribution in [1.29, 1.82) is 0 Å². The number of likely N-dealkylation sites (tertiary alicyclic amines) is 1. The number of benzene rings is 1. The maximum atomic E-state index is 12.8. The third kappa shape index (κ3) is 4.33. The van der Waals surface area contributed by atoms with Crippen LogP contribution in [0.15, 0.2) is 18.2 Å². The minimum absolute atomic E-state index is 0. The minimum Gasteiger partial charge on any atom is -0.339 e. The average molecular weight is 394 g/mol. The number of hydrogen-bond acceptors (Lipinski definition) is 4. The molecule has 0 unspecified atom stereocenters. The van der Waals surface area contributed by atoms with E-state index in [1.165, 1.54) is 4.90 Å². The molecular formula is C20H28ClN3O3. The number of piperidine rings is 1. The molecule has 0 saturated carbocycles. The van der Waals surface area contributed by atoms with E-state index in [1.807, 2.05) is 18.9 Å². The van der Waals surface area contributed by atoms with Crippen LogP contribution in [-0.4, -0.2) is 60.7 Å². The van der Waals surface area contributed by atoms with Gasteiger partial charge in [0.1, 0.15) is 0 Å². The van der Waals surface area contributed by atoms with Gasteiger partial charge in [0, 0.05) is 25.2 Å². The second kappa shape index (κ2) is 9.33. The molecule has 0 bridgehead atoms. The zero-order valence-electron chi connectivity index (χ0n) is 16.0. The van der Waals surface area contributed by atoms with Gasteiger partial charge in [-0.05, 0) is 57.0 Å². The van der Waals surface area contributed by atoms with Crippen LogP contribution in [0.25, 0.3) is 0 Å². The fourth-order valence-electron chi connectivity index (χ4n) is 3.75. The normalized spacial score (nSPS) is 17.1. The number of imide groups is 1. The fourth-order valence-corrected chi connectivity index (χ4v) is 3.75. The van der Waals surface area contributed by atoms with Crippen molar-refractivity contribution in [2.24, 2.45) is 5.92 Å². The fraction of sp³-hybridized carbons (Fsp3) is 0.550. The Morgan fingerprint density at radius 3 is 2.44 bits per heavy atom. The van der Waals surface area contributed by atoms with Crippen LogP contribution in [0, 0.1) is 5.92 Å². The van der Waals surface area contributed by atoms with Crippen molar-refractivity contribution in [3.05, 3.63) is 34.9 Å². The van der Waals surface area contributed by atoms with E-state index in [2.05, 4.69) is 5.32 Å². The van der Waals surface area contributed by atoms with Gasteiger partial charge in [0.2, 0.25) is 0 Å². The molecule has 0 atom stereocenters. The third-order valence-electron chi connectivity index (χ3n) is 5.35. The molecule has 1 aromatic carbocycles. The Balaban J connectivity index is 0.00000261. The topological polar surface area (TPSA) is 69.7 Å². The molecule has 1 fully saturated rings. The number of hydrogen-bond donors (Lipinski definition) is 1. The molecule has 1 aromatic rings. The number of unbranched alkanes of at least 4 members (excludes halogenated alkanes) is 1. The number of halogens is 1. The molecule has 2 aliphatic heterocycles. The maximum Gasteiger partial charge on any atom is 0.261 e. The van der Waals surface area contributed by atoms with E-state index in [9.17, 15) is 14.4 Å². The molecule has 2 heterocycles. The van der Waals surface area contributed by atoms with E-state index in [1.54, 1.807) is 18.2 Å². The zero-order chi connectivity index (χ0) is 18.7. The van der Waals surface area contributed by atoms with Crippen LogP contribution in [0.1, 0.15) is 63.7 Å². The van der Waals surface area contributed by atoms with Crippen molar-refractivity contribution in [1.82, 2.24) is 15.1 Å². The SMILES string of the molecule is CCCCN1C(=O)c2ccc(C(=O)N3CCC(CNC)CC3)cc2C1=O.Cl. The number of carbonyl (C=O) groups is 3. The molecule has 1 N–H and O–H groups in total. The lowest BCUT2D eigenvalue weighted by atomic mass is 9.96. The zero-order valence-corrected chi connectivity index (χ0v) is 16.8. The van der Waals surface area contributed by atoms with Crippen LogP contribution in [0.4, 0.5) is 0 Å². The van der Waals surface area contributed by atoms with E-state index in [4.69, 9.17) is 0 Å². The van der Waals surface area contributed by atoms with Gasteiger partial charge >= 0.3 is 0 Å². The van der Waals surface area contributed by atoms with Crippen molar-refractivity contribution >= 4 is 30.1 Å². The van der Waals surface area contributed by atoms with Gasteiger partial charge in [0.25, 0.3) is 17.7 Å². The largest absolute Gasteiger partial charge is 0.339 e. The molecule has 0 aliphatic carbocycles. The monoisotopic (exact) mass is 393 g/mol. The number of fused-ring (bicyclic) bond motifs is 1. The maximum absolute atomic E-state index is 12.8. The smallest absolute Gasteiger partial charge is 0.261 e. The highest BCUT2D eigenvalue weighted by molar-refractivity contribution is 6.22. The Morgan fingerprint density at radius 2 is 1.81 bits per heavy atom. The predicted octanol–water partition coefficient (Wildman–Crippen LogP) is 2.58. The number of nitrogens with zero attached hydrogens (tertiary/aromatic N) is 2. The lowest BCUT2D eigenvalue weighted by Crippen LogP contribution is -2.40. The van der Waals surface area contributed by atoms with Crippen molar-refractivity contribution in [3.8, 4) is 0 Å². The quantitative estimate of drug-likeness (QED) is 0.754. The molecule has 3 amide bonds. The van der Waals surface area contributed by atoms with E-state index in [0.717, 1.165) is 45.3 Å². The second-order valence-corrected chi connectivity index (χ2v) is 7.17. The molecular weight excluding hydrogens is 366 g/mol. The molecule has 0 radical (unpaired) electrons. The summed E-state index contributed by atoms with van der Waals surface area (Å²) in [6, 6.07) is 4.90. The molecule has 7 heteroatoms. The van der Waals surface area contributed by atoms with Gasteiger partial charge in [-0.25, -0.2) is 0 Å². The number of amides is 3. The number of carbonyl (C=O) groups excluding carboxylic acids is 3. The highest BCUT2D eigenvalue weighted by Gasteiger charge is 2.36. The lowest BCUT2D eigenvalue weighted by Gasteiger charge is -2.32. The van der Waals surface area contributed by atoms with E-state index in [-0.39, 0.29) is 30.1 Å². The van der Waals surface area contributed by atoms with Gasteiger partial charge in [-0.3, -0.25) is 19.3 Å².